The Morgan fingerprint density at radius 3 is 2.93 bits per heavy atom. The van der Waals surface area contributed by atoms with E-state index in [0.717, 1.165) is 17.8 Å². The van der Waals surface area contributed by atoms with Crippen LogP contribution in [0.2, 0.25) is 0 Å². The Morgan fingerprint density at radius 2 is 2.20 bits per heavy atom. The van der Waals surface area contributed by atoms with Gasteiger partial charge in [0.2, 0.25) is 9.76 Å². The van der Waals surface area contributed by atoms with E-state index in [1.54, 1.807) is 6.20 Å². The molecule has 0 saturated heterocycles. The summed E-state index contributed by atoms with van der Waals surface area (Å²) in [7, 11) is -0.630. The van der Waals surface area contributed by atoms with Gasteiger partial charge in [-0.1, -0.05) is 19.3 Å². The van der Waals surface area contributed by atoms with E-state index in [-0.39, 0.29) is 0 Å². The normalized spacial score (nSPS) is 18.7. The Morgan fingerprint density at radius 1 is 1.33 bits per heavy atom. The van der Waals surface area contributed by atoms with Gasteiger partial charge in [-0.15, -0.1) is 0 Å². The first-order valence-electron chi connectivity index (χ1n) is 5.79. The molecule has 1 aromatic heterocycles. The standard InChI is InChI=1S/C11H18N2OSi/c1-2-5-10(6-3-1)9-14-15-11-7-4-8-12-13-11/h4,7-8,10H,1-3,5-6,9,15H2. The Labute approximate surface area is 93.2 Å². The Bertz CT molecular complexity index is 275. The number of nitrogens with zero attached hydrogens (tertiary/aromatic N) is 2. The Balaban J connectivity index is 1.66. The lowest BCUT2D eigenvalue weighted by molar-refractivity contribution is 0.218. The molecule has 1 aliphatic carbocycles. The SMILES string of the molecule is c1cnnc([SiH2]OCC2CCCCC2)c1. The van der Waals surface area contributed by atoms with Crippen LogP contribution in [0.15, 0.2) is 18.3 Å². The maximum Gasteiger partial charge on any atom is 0.214 e. The second kappa shape index (κ2) is 5.98. The van der Waals surface area contributed by atoms with E-state index >= 15 is 0 Å². The van der Waals surface area contributed by atoms with Gasteiger partial charge in [-0.2, -0.15) is 10.2 Å². The maximum atomic E-state index is 5.80. The van der Waals surface area contributed by atoms with Crippen LogP contribution in [-0.4, -0.2) is 26.6 Å². The minimum atomic E-state index is -0.630. The van der Waals surface area contributed by atoms with Crippen molar-refractivity contribution in [3.05, 3.63) is 18.3 Å². The maximum absolute atomic E-state index is 5.80. The summed E-state index contributed by atoms with van der Waals surface area (Å²) in [6, 6.07) is 3.94. The van der Waals surface area contributed by atoms with Crippen molar-refractivity contribution in [3.63, 3.8) is 0 Å². The molecule has 1 aromatic rings. The molecule has 1 fully saturated rings. The van der Waals surface area contributed by atoms with E-state index in [9.17, 15) is 0 Å². The van der Waals surface area contributed by atoms with Crippen LogP contribution in [0.4, 0.5) is 0 Å². The zero-order valence-corrected chi connectivity index (χ0v) is 10.5. The summed E-state index contributed by atoms with van der Waals surface area (Å²) in [6.07, 6.45) is 8.61. The first-order chi connectivity index (χ1) is 7.45. The van der Waals surface area contributed by atoms with Crippen LogP contribution in [0.5, 0.6) is 0 Å². The summed E-state index contributed by atoms with van der Waals surface area (Å²) < 4.78 is 5.80. The molecule has 0 atom stereocenters. The molecule has 3 nitrogen and oxygen atoms in total. The first kappa shape index (κ1) is 10.8. The summed E-state index contributed by atoms with van der Waals surface area (Å²) in [4.78, 5) is 0. The van der Waals surface area contributed by atoms with Crippen molar-refractivity contribution >= 4 is 15.1 Å². The Hall–Kier alpha value is -0.743. The van der Waals surface area contributed by atoms with Crippen LogP contribution >= 0.6 is 0 Å². The largest absolute Gasteiger partial charge is 0.417 e. The fourth-order valence-corrected chi connectivity index (χ4v) is 3.13. The van der Waals surface area contributed by atoms with Gasteiger partial charge in [-0.05, 0) is 30.9 Å². The fraction of sp³-hybridized carbons (Fsp3) is 0.636. The van der Waals surface area contributed by atoms with Crippen molar-refractivity contribution in [1.82, 2.24) is 10.2 Å². The van der Waals surface area contributed by atoms with Crippen LogP contribution in [0.1, 0.15) is 32.1 Å². The minimum absolute atomic E-state index is 0.630. The fourth-order valence-electron chi connectivity index (χ4n) is 2.09. The van der Waals surface area contributed by atoms with Gasteiger partial charge in [0.15, 0.2) is 0 Å². The van der Waals surface area contributed by atoms with Gasteiger partial charge in [0.1, 0.15) is 0 Å². The van der Waals surface area contributed by atoms with Gasteiger partial charge >= 0.3 is 0 Å². The van der Waals surface area contributed by atoms with E-state index in [0.29, 0.717) is 0 Å². The van der Waals surface area contributed by atoms with Gasteiger partial charge in [0.25, 0.3) is 0 Å². The van der Waals surface area contributed by atoms with E-state index < -0.39 is 9.76 Å². The molecule has 0 aromatic carbocycles. The summed E-state index contributed by atoms with van der Waals surface area (Å²) in [5.74, 6) is 0.808. The van der Waals surface area contributed by atoms with Crippen molar-refractivity contribution in [2.45, 2.75) is 32.1 Å². The molecule has 0 aliphatic heterocycles. The van der Waals surface area contributed by atoms with Crippen LogP contribution < -0.4 is 5.32 Å². The van der Waals surface area contributed by atoms with Crippen LogP contribution in [-0.2, 0) is 4.43 Å². The summed E-state index contributed by atoms with van der Waals surface area (Å²) in [5.41, 5.74) is 0. The third kappa shape index (κ3) is 3.72. The molecule has 15 heavy (non-hydrogen) atoms. The van der Waals surface area contributed by atoms with Gasteiger partial charge < -0.3 is 4.43 Å². The van der Waals surface area contributed by atoms with Crippen molar-refractivity contribution in [3.8, 4) is 0 Å². The lowest BCUT2D eigenvalue weighted by Gasteiger charge is -2.21. The quantitative estimate of drug-likeness (QED) is 0.706. The molecular formula is C11H18N2OSi. The summed E-state index contributed by atoms with van der Waals surface area (Å²) in [5, 5.41) is 8.97. The minimum Gasteiger partial charge on any atom is -0.417 e. The lowest BCUT2D eigenvalue weighted by Crippen LogP contribution is -2.24. The molecule has 0 spiro atoms. The topological polar surface area (TPSA) is 35.0 Å². The second-order valence-electron chi connectivity index (χ2n) is 4.23. The van der Waals surface area contributed by atoms with Crippen molar-refractivity contribution in [2.75, 3.05) is 6.61 Å². The summed E-state index contributed by atoms with van der Waals surface area (Å²) >= 11 is 0. The zero-order chi connectivity index (χ0) is 10.3. The molecule has 0 unspecified atom stereocenters. The van der Waals surface area contributed by atoms with Gasteiger partial charge in [-0.25, -0.2) is 0 Å². The molecule has 82 valence electrons. The highest BCUT2D eigenvalue weighted by Gasteiger charge is 2.13. The van der Waals surface area contributed by atoms with E-state index in [1.165, 1.54) is 32.1 Å². The number of hydrogen-bond donors (Lipinski definition) is 0. The number of rotatable bonds is 4. The molecule has 0 N–H and O–H groups in total. The lowest BCUT2D eigenvalue weighted by atomic mass is 9.90. The van der Waals surface area contributed by atoms with Crippen LogP contribution in [0, 0.1) is 5.92 Å². The molecule has 1 saturated carbocycles. The van der Waals surface area contributed by atoms with Gasteiger partial charge in [0, 0.05) is 12.8 Å². The molecular weight excluding hydrogens is 204 g/mol. The second-order valence-corrected chi connectivity index (χ2v) is 5.66. The highest BCUT2D eigenvalue weighted by Crippen LogP contribution is 2.23. The van der Waals surface area contributed by atoms with Crippen LogP contribution in [0.3, 0.4) is 0 Å². The van der Waals surface area contributed by atoms with Crippen molar-refractivity contribution < 1.29 is 4.43 Å². The third-order valence-corrected chi connectivity index (χ3v) is 4.07. The zero-order valence-electron chi connectivity index (χ0n) is 9.06. The molecule has 1 aliphatic rings. The smallest absolute Gasteiger partial charge is 0.214 e. The van der Waals surface area contributed by atoms with Crippen LogP contribution in [0.25, 0.3) is 0 Å². The van der Waals surface area contributed by atoms with Gasteiger partial charge in [0.05, 0.1) is 5.32 Å². The molecule has 1 heterocycles. The van der Waals surface area contributed by atoms with Crippen molar-refractivity contribution in [2.24, 2.45) is 5.92 Å². The molecule has 2 rings (SSSR count). The number of aromatic nitrogens is 2. The molecule has 0 bridgehead atoms. The van der Waals surface area contributed by atoms with Crippen molar-refractivity contribution in [1.29, 1.82) is 0 Å². The first-order valence-corrected chi connectivity index (χ1v) is 7.08. The highest BCUT2D eigenvalue weighted by atomic mass is 28.2. The average molecular weight is 222 g/mol. The molecule has 4 heteroatoms. The molecule has 0 amide bonds. The van der Waals surface area contributed by atoms with E-state index in [1.807, 2.05) is 12.1 Å². The monoisotopic (exact) mass is 222 g/mol. The third-order valence-electron chi connectivity index (χ3n) is 2.96. The molecule has 0 radical (unpaired) electrons. The predicted octanol–water partition coefficient (Wildman–Crippen LogP) is 0.783. The van der Waals surface area contributed by atoms with E-state index in [4.69, 9.17) is 4.43 Å². The Kier molecular flexibility index (Phi) is 4.29. The average Bonchev–Trinajstić information content (AvgIpc) is 2.32. The van der Waals surface area contributed by atoms with Gasteiger partial charge in [-0.3, -0.25) is 0 Å². The summed E-state index contributed by atoms with van der Waals surface area (Å²) in [6.45, 7) is 0.947. The highest BCUT2D eigenvalue weighted by molar-refractivity contribution is 6.45. The predicted molar refractivity (Wildman–Crippen MR) is 62.7 cm³/mol. The van der Waals surface area contributed by atoms with E-state index in [2.05, 4.69) is 10.2 Å². The number of hydrogen-bond acceptors (Lipinski definition) is 3.